The Morgan fingerprint density at radius 2 is 1.71 bits per heavy atom. The van der Waals surface area contributed by atoms with Crippen LogP contribution in [-0.2, 0) is 14.2 Å². The third-order valence-corrected chi connectivity index (χ3v) is 2.92. The molecule has 1 aromatic heterocycles. The minimum absolute atomic E-state index is 0.0172. The van der Waals surface area contributed by atoms with Crippen molar-refractivity contribution in [3.63, 3.8) is 0 Å². The number of carbonyl (C=O) groups is 2. The van der Waals surface area contributed by atoms with Crippen LogP contribution in [0.5, 0.6) is 0 Å². The number of carbonyl (C=O) groups excluding carboxylic acids is 2. The van der Waals surface area contributed by atoms with E-state index in [1.165, 1.54) is 15.8 Å². The van der Waals surface area contributed by atoms with Crippen LogP contribution < -0.4 is 0 Å². The quantitative estimate of drug-likeness (QED) is 0.569. The van der Waals surface area contributed by atoms with Gasteiger partial charge in [-0.2, -0.15) is 5.10 Å². The summed E-state index contributed by atoms with van der Waals surface area (Å²) in [6, 6.07) is 1.66. The van der Waals surface area contributed by atoms with E-state index in [0.29, 0.717) is 0 Å². The first-order valence-electron chi connectivity index (χ1n) is 9.22. The van der Waals surface area contributed by atoms with Gasteiger partial charge >= 0.3 is 12.2 Å². The van der Waals surface area contributed by atoms with Gasteiger partial charge in [0.05, 0.1) is 19.3 Å². The molecule has 28 heavy (non-hydrogen) atoms. The molecule has 0 atom stereocenters. The normalized spacial score (nSPS) is 12.8. The molecule has 158 valence electrons. The van der Waals surface area contributed by atoms with Crippen LogP contribution in [0.1, 0.15) is 55.4 Å². The minimum Gasteiger partial charge on any atom is -0.443 e. The molecule has 0 fully saturated rings. The van der Waals surface area contributed by atoms with Gasteiger partial charge < -0.3 is 14.2 Å². The van der Waals surface area contributed by atoms with Crippen molar-refractivity contribution < 1.29 is 23.8 Å². The third-order valence-electron chi connectivity index (χ3n) is 2.92. The van der Waals surface area contributed by atoms with E-state index >= 15 is 0 Å². The second-order valence-corrected chi connectivity index (χ2v) is 8.39. The predicted molar refractivity (Wildman–Crippen MR) is 105 cm³/mol. The first-order valence-corrected chi connectivity index (χ1v) is 9.22. The Balaban J connectivity index is 3.24. The average molecular weight is 396 g/mol. The van der Waals surface area contributed by atoms with Gasteiger partial charge in [0.2, 0.25) is 5.96 Å². The zero-order valence-electron chi connectivity index (χ0n) is 18.1. The van der Waals surface area contributed by atoms with Crippen molar-refractivity contribution in [1.82, 2.24) is 14.7 Å². The summed E-state index contributed by atoms with van der Waals surface area (Å²) in [6.45, 7) is 14.6. The minimum atomic E-state index is -0.837. The Hall–Kier alpha value is -2.42. The second kappa shape index (κ2) is 9.68. The van der Waals surface area contributed by atoms with Gasteiger partial charge in [-0.1, -0.05) is 0 Å². The predicted octanol–water partition coefficient (Wildman–Crippen LogP) is 3.68. The highest BCUT2D eigenvalue weighted by Gasteiger charge is 2.29. The number of ether oxygens (including phenoxy) is 3. The van der Waals surface area contributed by atoms with Gasteiger partial charge in [0.25, 0.3) is 0 Å². The van der Waals surface area contributed by atoms with Gasteiger partial charge in [0.15, 0.2) is 0 Å². The molecular weight excluding hydrogens is 364 g/mol. The lowest BCUT2D eigenvalue weighted by atomic mass is 10.2. The number of aliphatic imine (C=N–C) groups is 1. The summed E-state index contributed by atoms with van der Waals surface area (Å²) in [5.74, 6) is -0.0270. The van der Waals surface area contributed by atoms with Crippen LogP contribution in [-0.4, -0.2) is 63.3 Å². The Labute approximate surface area is 166 Å². The number of hydrogen-bond donors (Lipinski definition) is 0. The molecule has 0 radical (unpaired) electrons. The topological polar surface area (TPSA) is 95.2 Å². The maximum atomic E-state index is 12.8. The molecule has 1 heterocycles. The highest BCUT2D eigenvalue weighted by Crippen LogP contribution is 2.13. The molecule has 1 aromatic rings. The SMILES string of the molecule is CC(C)OCCN(C(=O)OC(C)(C)C)/C(=N\C(=O)OC(C)(C)C)n1cccn1. The Bertz CT molecular complexity index is 669. The van der Waals surface area contributed by atoms with Gasteiger partial charge in [-0.25, -0.2) is 19.2 Å². The molecule has 0 aliphatic rings. The molecular formula is C19H32N4O5. The van der Waals surface area contributed by atoms with E-state index in [1.807, 2.05) is 13.8 Å². The summed E-state index contributed by atoms with van der Waals surface area (Å²) in [5, 5.41) is 4.10. The average Bonchev–Trinajstić information content (AvgIpc) is 2.99. The maximum Gasteiger partial charge on any atom is 0.437 e. The Kier molecular flexibility index (Phi) is 8.16. The molecule has 0 N–H and O–H groups in total. The monoisotopic (exact) mass is 396 g/mol. The van der Waals surface area contributed by atoms with Crippen LogP contribution in [0.15, 0.2) is 23.5 Å². The molecule has 0 aliphatic carbocycles. The first-order chi connectivity index (χ1) is 12.8. The van der Waals surface area contributed by atoms with Crippen LogP contribution >= 0.6 is 0 Å². The van der Waals surface area contributed by atoms with Gasteiger partial charge in [-0.05, 0) is 61.5 Å². The van der Waals surface area contributed by atoms with Crippen LogP contribution in [0.4, 0.5) is 9.59 Å². The molecule has 0 aromatic carbocycles. The number of aromatic nitrogens is 2. The lowest BCUT2D eigenvalue weighted by Gasteiger charge is -2.28. The fourth-order valence-corrected chi connectivity index (χ4v) is 1.96. The van der Waals surface area contributed by atoms with Gasteiger partial charge in [0.1, 0.15) is 11.2 Å². The van der Waals surface area contributed by atoms with Gasteiger partial charge in [-0.3, -0.25) is 0 Å². The first kappa shape index (κ1) is 23.6. The van der Waals surface area contributed by atoms with E-state index in [0.717, 1.165) is 0 Å². The van der Waals surface area contributed by atoms with Crippen molar-refractivity contribution in [2.45, 2.75) is 72.7 Å². The molecule has 0 spiro atoms. The molecule has 0 unspecified atom stereocenters. The van der Waals surface area contributed by atoms with Crippen molar-refractivity contribution >= 4 is 18.1 Å². The lowest BCUT2D eigenvalue weighted by molar-refractivity contribution is 0.0250. The largest absolute Gasteiger partial charge is 0.443 e. The van der Waals surface area contributed by atoms with Crippen molar-refractivity contribution in [2.24, 2.45) is 4.99 Å². The third kappa shape index (κ3) is 8.98. The molecule has 0 aliphatic heterocycles. The maximum absolute atomic E-state index is 12.8. The van der Waals surface area contributed by atoms with E-state index in [1.54, 1.807) is 53.8 Å². The molecule has 0 bridgehead atoms. The summed E-state index contributed by atoms with van der Waals surface area (Å²) >= 11 is 0. The van der Waals surface area contributed by atoms with E-state index in [-0.39, 0.29) is 25.2 Å². The lowest BCUT2D eigenvalue weighted by Crippen LogP contribution is -2.46. The van der Waals surface area contributed by atoms with Crippen molar-refractivity contribution in [3.8, 4) is 0 Å². The Morgan fingerprint density at radius 1 is 1.11 bits per heavy atom. The number of nitrogens with zero attached hydrogens (tertiary/aromatic N) is 4. The zero-order chi connectivity index (χ0) is 21.5. The van der Waals surface area contributed by atoms with Crippen LogP contribution in [0.3, 0.4) is 0 Å². The van der Waals surface area contributed by atoms with Crippen LogP contribution in [0, 0.1) is 0 Å². The Morgan fingerprint density at radius 3 is 2.18 bits per heavy atom. The summed E-state index contributed by atoms with van der Waals surface area (Å²) in [4.78, 5) is 30.3. The molecule has 2 amide bonds. The molecule has 0 saturated carbocycles. The van der Waals surface area contributed by atoms with Crippen molar-refractivity contribution in [1.29, 1.82) is 0 Å². The molecule has 9 nitrogen and oxygen atoms in total. The summed E-state index contributed by atoms with van der Waals surface area (Å²) in [7, 11) is 0. The van der Waals surface area contributed by atoms with E-state index < -0.39 is 23.4 Å². The van der Waals surface area contributed by atoms with E-state index in [2.05, 4.69) is 10.1 Å². The number of amides is 2. The molecule has 9 heteroatoms. The molecule has 0 saturated heterocycles. The zero-order valence-corrected chi connectivity index (χ0v) is 18.1. The smallest absolute Gasteiger partial charge is 0.437 e. The van der Waals surface area contributed by atoms with Gasteiger partial charge in [-0.15, -0.1) is 4.99 Å². The van der Waals surface area contributed by atoms with E-state index in [4.69, 9.17) is 14.2 Å². The highest BCUT2D eigenvalue weighted by molar-refractivity contribution is 5.99. The number of rotatable bonds is 4. The fourth-order valence-electron chi connectivity index (χ4n) is 1.96. The van der Waals surface area contributed by atoms with Gasteiger partial charge in [0, 0.05) is 12.4 Å². The van der Waals surface area contributed by atoms with E-state index in [9.17, 15) is 9.59 Å². The number of hydrogen-bond acceptors (Lipinski definition) is 6. The van der Waals surface area contributed by atoms with Crippen LogP contribution in [0.25, 0.3) is 0 Å². The highest BCUT2D eigenvalue weighted by atomic mass is 16.6. The second-order valence-electron chi connectivity index (χ2n) is 8.39. The summed E-state index contributed by atoms with van der Waals surface area (Å²) < 4.78 is 17.6. The standard InChI is InChI=1S/C19H32N4O5/c1-14(2)26-13-12-22(17(25)28-19(6,7)8)15(23-11-9-10-20-23)21-16(24)27-18(3,4)5/h9-11,14H,12-13H2,1-8H3/b21-15+. The van der Waals surface area contributed by atoms with Crippen LogP contribution in [0.2, 0.25) is 0 Å². The van der Waals surface area contributed by atoms with Crippen molar-refractivity contribution in [2.75, 3.05) is 13.2 Å². The molecule has 1 rings (SSSR count). The summed E-state index contributed by atoms with van der Waals surface area (Å²) in [5.41, 5.74) is -1.46. The fraction of sp³-hybridized carbons (Fsp3) is 0.684. The van der Waals surface area contributed by atoms with Crippen molar-refractivity contribution in [3.05, 3.63) is 18.5 Å². The summed E-state index contributed by atoms with van der Waals surface area (Å²) in [6.07, 6.45) is 1.57.